The molecule has 0 saturated heterocycles. The van der Waals surface area contributed by atoms with Gasteiger partial charge in [-0.3, -0.25) is 0 Å². The first-order valence-electron chi connectivity index (χ1n) is 6.59. The molecule has 1 aromatic heterocycles. The van der Waals surface area contributed by atoms with Crippen LogP contribution in [0, 0.1) is 0 Å². The monoisotopic (exact) mass is 330 g/mol. The van der Waals surface area contributed by atoms with Gasteiger partial charge in [-0.05, 0) is 48.5 Å². The van der Waals surface area contributed by atoms with Crippen molar-refractivity contribution in [2.75, 3.05) is 7.11 Å². The molecule has 0 radical (unpaired) electrons. The summed E-state index contributed by atoms with van der Waals surface area (Å²) >= 11 is 12.1. The summed E-state index contributed by atoms with van der Waals surface area (Å²) in [6.45, 7) is 0. The summed E-state index contributed by atoms with van der Waals surface area (Å²) in [4.78, 5) is 8.88. The molecule has 0 aliphatic rings. The summed E-state index contributed by atoms with van der Waals surface area (Å²) in [7, 11) is 1.64. The number of benzene rings is 2. The minimum absolute atomic E-state index is 0.556. The van der Waals surface area contributed by atoms with E-state index in [0.29, 0.717) is 15.9 Å². The zero-order valence-corrected chi connectivity index (χ0v) is 13.3. The second-order valence-corrected chi connectivity index (χ2v) is 5.52. The molecular weight excluding hydrogens is 319 g/mol. The van der Waals surface area contributed by atoms with Crippen molar-refractivity contribution in [3.63, 3.8) is 0 Å². The number of aromatic nitrogens is 2. The summed E-state index contributed by atoms with van der Waals surface area (Å²) in [6.07, 6.45) is 1.72. The summed E-state index contributed by atoms with van der Waals surface area (Å²) in [5, 5.41) is 1.11. The fraction of sp³-hybridized carbons (Fsp3) is 0.0588. The molecule has 0 aliphatic heterocycles. The lowest BCUT2D eigenvalue weighted by molar-refractivity contribution is 0.415. The van der Waals surface area contributed by atoms with Gasteiger partial charge in [-0.15, -0.1) is 0 Å². The lowest BCUT2D eigenvalue weighted by Crippen LogP contribution is -1.92. The van der Waals surface area contributed by atoms with Gasteiger partial charge in [0.1, 0.15) is 5.75 Å². The highest BCUT2D eigenvalue weighted by atomic mass is 35.5. The Hall–Kier alpha value is -2.10. The Labute approximate surface area is 138 Å². The molecule has 3 nitrogen and oxygen atoms in total. The molecule has 0 bridgehead atoms. The van der Waals surface area contributed by atoms with Crippen molar-refractivity contribution in [1.82, 2.24) is 9.97 Å². The zero-order valence-electron chi connectivity index (χ0n) is 11.8. The van der Waals surface area contributed by atoms with E-state index in [9.17, 15) is 0 Å². The molecule has 22 heavy (non-hydrogen) atoms. The third kappa shape index (κ3) is 3.21. The molecule has 2 aromatic carbocycles. The Morgan fingerprint density at radius 3 is 2.18 bits per heavy atom. The highest BCUT2D eigenvalue weighted by Gasteiger charge is 2.07. The van der Waals surface area contributed by atoms with Crippen LogP contribution in [0.25, 0.3) is 22.6 Å². The number of ether oxygens (including phenoxy) is 1. The maximum atomic E-state index is 6.04. The normalized spacial score (nSPS) is 10.5. The molecular formula is C17H12Cl2N2O. The topological polar surface area (TPSA) is 35.0 Å². The number of hydrogen-bond donors (Lipinski definition) is 0. The van der Waals surface area contributed by atoms with Gasteiger partial charge < -0.3 is 4.74 Å². The van der Waals surface area contributed by atoms with E-state index >= 15 is 0 Å². The van der Waals surface area contributed by atoms with Gasteiger partial charge in [0.2, 0.25) is 0 Å². The van der Waals surface area contributed by atoms with Crippen LogP contribution >= 0.6 is 23.2 Å². The Morgan fingerprint density at radius 1 is 0.864 bits per heavy atom. The van der Waals surface area contributed by atoms with Crippen LogP contribution in [0.2, 0.25) is 10.0 Å². The first-order valence-corrected chi connectivity index (χ1v) is 7.35. The molecule has 0 unspecified atom stereocenters. The van der Waals surface area contributed by atoms with Crippen molar-refractivity contribution in [2.45, 2.75) is 0 Å². The number of methoxy groups -OCH3 is 1. The van der Waals surface area contributed by atoms with E-state index in [1.807, 2.05) is 30.3 Å². The van der Waals surface area contributed by atoms with Crippen LogP contribution in [0.15, 0.2) is 54.7 Å². The fourth-order valence-corrected chi connectivity index (χ4v) is 2.63. The van der Waals surface area contributed by atoms with Crippen molar-refractivity contribution in [3.05, 3.63) is 64.8 Å². The van der Waals surface area contributed by atoms with Crippen LogP contribution in [0.5, 0.6) is 5.75 Å². The molecule has 110 valence electrons. The van der Waals surface area contributed by atoms with Crippen LogP contribution in [-0.4, -0.2) is 17.1 Å². The molecule has 5 heteroatoms. The SMILES string of the molecule is COc1ccc(-c2ccnc(-c3cc(Cl)cc(Cl)c3)n2)cc1. The van der Waals surface area contributed by atoms with E-state index < -0.39 is 0 Å². The molecule has 0 aliphatic carbocycles. The maximum Gasteiger partial charge on any atom is 0.159 e. The molecule has 0 atom stereocenters. The second kappa shape index (κ2) is 6.34. The number of rotatable bonds is 3. The molecule has 0 fully saturated rings. The minimum atomic E-state index is 0.556. The largest absolute Gasteiger partial charge is 0.497 e. The predicted molar refractivity (Wildman–Crippen MR) is 89.5 cm³/mol. The van der Waals surface area contributed by atoms with E-state index in [1.165, 1.54) is 0 Å². The van der Waals surface area contributed by atoms with E-state index in [1.54, 1.807) is 31.5 Å². The Kier molecular flexibility index (Phi) is 4.27. The van der Waals surface area contributed by atoms with Crippen LogP contribution < -0.4 is 4.74 Å². The lowest BCUT2D eigenvalue weighted by Gasteiger charge is -2.06. The molecule has 3 aromatic rings. The maximum absolute atomic E-state index is 6.04. The first-order chi connectivity index (χ1) is 10.7. The minimum Gasteiger partial charge on any atom is -0.497 e. The fourth-order valence-electron chi connectivity index (χ4n) is 2.10. The molecule has 0 N–H and O–H groups in total. The van der Waals surface area contributed by atoms with E-state index in [0.717, 1.165) is 22.6 Å². The van der Waals surface area contributed by atoms with Crippen molar-refractivity contribution in [2.24, 2.45) is 0 Å². The van der Waals surface area contributed by atoms with Gasteiger partial charge >= 0.3 is 0 Å². The predicted octanol–water partition coefficient (Wildman–Crippen LogP) is 5.13. The standard InChI is InChI=1S/C17H12Cl2N2O/c1-22-15-4-2-11(3-5-15)16-6-7-20-17(21-16)12-8-13(18)10-14(19)9-12/h2-10H,1H3. The van der Waals surface area contributed by atoms with Gasteiger partial charge in [0.15, 0.2) is 5.82 Å². The quantitative estimate of drug-likeness (QED) is 0.668. The highest BCUT2D eigenvalue weighted by Crippen LogP contribution is 2.27. The van der Waals surface area contributed by atoms with Gasteiger partial charge in [0.25, 0.3) is 0 Å². The second-order valence-electron chi connectivity index (χ2n) is 4.65. The van der Waals surface area contributed by atoms with Gasteiger partial charge in [-0.1, -0.05) is 23.2 Å². The molecule has 0 amide bonds. The van der Waals surface area contributed by atoms with Crippen molar-refractivity contribution in [3.8, 4) is 28.4 Å². The van der Waals surface area contributed by atoms with Crippen molar-refractivity contribution < 1.29 is 4.74 Å². The van der Waals surface area contributed by atoms with Crippen LogP contribution in [0.3, 0.4) is 0 Å². The van der Waals surface area contributed by atoms with Gasteiger partial charge in [-0.2, -0.15) is 0 Å². The van der Waals surface area contributed by atoms with Crippen molar-refractivity contribution in [1.29, 1.82) is 0 Å². The van der Waals surface area contributed by atoms with E-state index in [2.05, 4.69) is 9.97 Å². The highest BCUT2D eigenvalue weighted by molar-refractivity contribution is 6.35. The number of nitrogens with zero attached hydrogens (tertiary/aromatic N) is 2. The summed E-state index contributed by atoms with van der Waals surface area (Å²) in [5.41, 5.74) is 2.59. The number of hydrogen-bond acceptors (Lipinski definition) is 3. The first kappa shape index (κ1) is 14.8. The average molecular weight is 331 g/mol. The van der Waals surface area contributed by atoms with Crippen LogP contribution in [0.1, 0.15) is 0 Å². The Bertz CT molecular complexity index is 784. The third-order valence-electron chi connectivity index (χ3n) is 3.16. The van der Waals surface area contributed by atoms with Gasteiger partial charge in [0.05, 0.1) is 12.8 Å². The third-order valence-corrected chi connectivity index (χ3v) is 3.60. The average Bonchev–Trinajstić information content (AvgIpc) is 2.54. The number of halogens is 2. The molecule has 3 rings (SSSR count). The van der Waals surface area contributed by atoms with Crippen LogP contribution in [-0.2, 0) is 0 Å². The molecule has 0 saturated carbocycles. The zero-order chi connectivity index (χ0) is 15.5. The van der Waals surface area contributed by atoms with Crippen LogP contribution in [0.4, 0.5) is 0 Å². The van der Waals surface area contributed by atoms with Crippen molar-refractivity contribution >= 4 is 23.2 Å². The van der Waals surface area contributed by atoms with E-state index in [-0.39, 0.29) is 0 Å². The van der Waals surface area contributed by atoms with Gasteiger partial charge in [0, 0.05) is 27.4 Å². The summed E-state index contributed by atoms with van der Waals surface area (Å²) in [6, 6.07) is 14.8. The van der Waals surface area contributed by atoms with Gasteiger partial charge in [-0.25, -0.2) is 9.97 Å². The summed E-state index contributed by atoms with van der Waals surface area (Å²) < 4.78 is 5.16. The summed E-state index contributed by atoms with van der Waals surface area (Å²) in [5.74, 6) is 1.39. The Morgan fingerprint density at radius 2 is 1.55 bits per heavy atom. The lowest BCUT2D eigenvalue weighted by atomic mass is 10.1. The smallest absolute Gasteiger partial charge is 0.159 e. The van der Waals surface area contributed by atoms with E-state index in [4.69, 9.17) is 27.9 Å². The molecule has 1 heterocycles. The molecule has 0 spiro atoms. The Balaban J connectivity index is 2.01.